The van der Waals surface area contributed by atoms with E-state index >= 15 is 0 Å². The van der Waals surface area contributed by atoms with E-state index in [4.69, 9.17) is 21.1 Å². The van der Waals surface area contributed by atoms with Crippen molar-refractivity contribution < 1.29 is 9.47 Å². The molecule has 3 nitrogen and oxygen atoms in total. The molecule has 1 aromatic carbocycles. The average Bonchev–Trinajstić information content (AvgIpc) is 2.35. The maximum absolute atomic E-state index is 5.81. The number of hydrogen-bond acceptors (Lipinski definition) is 3. The molecule has 0 aliphatic heterocycles. The molecule has 0 radical (unpaired) electrons. The van der Waals surface area contributed by atoms with E-state index in [2.05, 4.69) is 4.98 Å². The van der Waals surface area contributed by atoms with Crippen molar-refractivity contribution in [1.29, 1.82) is 0 Å². The summed E-state index contributed by atoms with van der Waals surface area (Å²) in [5, 5.41) is 0.456. The predicted octanol–water partition coefficient (Wildman–Crippen LogP) is 4.23. The quantitative estimate of drug-likeness (QED) is 0.774. The number of halogens is 1. The van der Waals surface area contributed by atoms with Crippen LogP contribution in [0.5, 0.6) is 17.2 Å². The van der Waals surface area contributed by atoms with Crippen LogP contribution in [0.2, 0.25) is 5.15 Å². The lowest BCUT2D eigenvalue weighted by Gasteiger charge is -2.12. The van der Waals surface area contributed by atoms with Gasteiger partial charge in [-0.05, 0) is 37.6 Å². The number of pyridine rings is 1. The Balaban J connectivity index is 2.28. The molecule has 0 saturated heterocycles. The van der Waals surface area contributed by atoms with E-state index in [1.54, 1.807) is 12.3 Å². The minimum absolute atomic E-state index is 0.456. The van der Waals surface area contributed by atoms with Crippen LogP contribution in [0.25, 0.3) is 0 Å². The zero-order valence-electron chi connectivity index (χ0n) is 10.3. The molecule has 18 heavy (non-hydrogen) atoms. The van der Waals surface area contributed by atoms with Gasteiger partial charge in [0.15, 0.2) is 11.5 Å². The van der Waals surface area contributed by atoms with Crippen LogP contribution >= 0.6 is 11.6 Å². The van der Waals surface area contributed by atoms with Gasteiger partial charge in [0, 0.05) is 0 Å². The molecule has 94 valence electrons. The normalized spacial score (nSPS) is 10.2. The van der Waals surface area contributed by atoms with Crippen LogP contribution < -0.4 is 9.47 Å². The number of nitrogens with zero attached hydrogens (tertiary/aromatic N) is 1. The molecule has 0 aliphatic carbocycles. The highest BCUT2D eigenvalue weighted by Crippen LogP contribution is 2.32. The van der Waals surface area contributed by atoms with Gasteiger partial charge in [0.1, 0.15) is 10.9 Å². The van der Waals surface area contributed by atoms with Gasteiger partial charge in [0.05, 0.1) is 12.8 Å². The van der Waals surface area contributed by atoms with E-state index in [1.807, 2.05) is 38.1 Å². The standard InChI is InChI=1S/C14H14ClNO2/c1-3-17-11-6-4-5-7-12(11)18-13-9-16-14(15)8-10(13)2/h4-9H,3H2,1-2H3. The monoisotopic (exact) mass is 263 g/mol. The lowest BCUT2D eigenvalue weighted by atomic mass is 10.2. The van der Waals surface area contributed by atoms with E-state index < -0.39 is 0 Å². The van der Waals surface area contributed by atoms with E-state index in [0.29, 0.717) is 29.0 Å². The molecular formula is C14H14ClNO2. The van der Waals surface area contributed by atoms with Crippen LogP contribution in [-0.4, -0.2) is 11.6 Å². The maximum atomic E-state index is 5.81. The third-order valence-corrected chi connectivity index (χ3v) is 2.61. The number of aryl methyl sites for hydroxylation is 1. The van der Waals surface area contributed by atoms with Crippen LogP contribution in [0.4, 0.5) is 0 Å². The first-order valence-electron chi connectivity index (χ1n) is 5.72. The molecule has 1 aromatic heterocycles. The third-order valence-electron chi connectivity index (χ3n) is 2.40. The van der Waals surface area contributed by atoms with Crippen molar-refractivity contribution in [2.75, 3.05) is 6.61 Å². The number of aromatic nitrogens is 1. The van der Waals surface area contributed by atoms with Crippen molar-refractivity contribution >= 4 is 11.6 Å². The summed E-state index contributed by atoms with van der Waals surface area (Å²) < 4.78 is 11.3. The van der Waals surface area contributed by atoms with Crippen molar-refractivity contribution in [2.24, 2.45) is 0 Å². The molecule has 0 spiro atoms. The lowest BCUT2D eigenvalue weighted by Crippen LogP contribution is -1.95. The van der Waals surface area contributed by atoms with Gasteiger partial charge in [-0.3, -0.25) is 0 Å². The summed E-state index contributed by atoms with van der Waals surface area (Å²) in [5.74, 6) is 2.06. The number of rotatable bonds is 4. The van der Waals surface area contributed by atoms with Crippen molar-refractivity contribution in [3.05, 3.63) is 47.2 Å². The third kappa shape index (κ3) is 2.93. The van der Waals surface area contributed by atoms with Crippen LogP contribution in [0.3, 0.4) is 0 Å². The van der Waals surface area contributed by atoms with E-state index in [-0.39, 0.29) is 0 Å². The second kappa shape index (κ2) is 5.74. The van der Waals surface area contributed by atoms with Crippen LogP contribution in [0, 0.1) is 6.92 Å². The first-order chi connectivity index (χ1) is 8.70. The number of para-hydroxylation sites is 2. The summed E-state index contributed by atoms with van der Waals surface area (Å²) >= 11 is 5.81. The fourth-order valence-corrected chi connectivity index (χ4v) is 1.76. The zero-order valence-corrected chi connectivity index (χ0v) is 11.1. The molecule has 4 heteroatoms. The highest BCUT2D eigenvalue weighted by Gasteiger charge is 2.07. The molecule has 0 unspecified atom stereocenters. The summed E-state index contributed by atoms with van der Waals surface area (Å²) in [4.78, 5) is 4.01. The minimum atomic E-state index is 0.456. The number of ether oxygens (including phenoxy) is 2. The van der Waals surface area contributed by atoms with Gasteiger partial charge in [-0.1, -0.05) is 23.7 Å². The summed E-state index contributed by atoms with van der Waals surface area (Å²) in [6.07, 6.45) is 1.61. The molecule has 1 heterocycles. The molecule has 0 N–H and O–H groups in total. The van der Waals surface area contributed by atoms with Gasteiger partial charge in [0.25, 0.3) is 0 Å². The van der Waals surface area contributed by atoms with Crippen LogP contribution in [0.1, 0.15) is 12.5 Å². The van der Waals surface area contributed by atoms with Gasteiger partial charge in [0.2, 0.25) is 0 Å². The number of hydrogen-bond donors (Lipinski definition) is 0. The Morgan fingerprint density at radius 1 is 1.17 bits per heavy atom. The molecule has 2 rings (SSSR count). The topological polar surface area (TPSA) is 31.4 Å². The highest BCUT2D eigenvalue weighted by molar-refractivity contribution is 6.29. The zero-order chi connectivity index (χ0) is 13.0. The Morgan fingerprint density at radius 3 is 2.56 bits per heavy atom. The summed E-state index contributed by atoms with van der Waals surface area (Å²) in [6.45, 7) is 4.45. The summed E-state index contributed by atoms with van der Waals surface area (Å²) in [5.41, 5.74) is 0.932. The molecule has 0 aliphatic rings. The molecule has 0 fully saturated rings. The molecule has 0 amide bonds. The summed E-state index contributed by atoms with van der Waals surface area (Å²) in [7, 11) is 0. The lowest BCUT2D eigenvalue weighted by molar-refractivity contribution is 0.321. The van der Waals surface area contributed by atoms with Gasteiger partial charge >= 0.3 is 0 Å². The Morgan fingerprint density at radius 2 is 1.89 bits per heavy atom. The first kappa shape index (κ1) is 12.7. The maximum Gasteiger partial charge on any atom is 0.169 e. The molecule has 0 saturated carbocycles. The molecule has 2 aromatic rings. The summed E-state index contributed by atoms with van der Waals surface area (Å²) in [6, 6.07) is 9.30. The largest absolute Gasteiger partial charge is 0.490 e. The average molecular weight is 264 g/mol. The van der Waals surface area contributed by atoms with Crippen molar-refractivity contribution in [3.8, 4) is 17.2 Å². The van der Waals surface area contributed by atoms with Crippen LogP contribution in [0.15, 0.2) is 36.5 Å². The van der Waals surface area contributed by atoms with Crippen molar-refractivity contribution in [1.82, 2.24) is 4.98 Å². The second-order valence-electron chi connectivity index (χ2n) is 3.75. The first-order valence-corrected chi connectivity index (χ1v) is 6.10. The Kier molecular flexibility index (Phi) is 4.05. The Labute approximate surface area is 111 Å². The van der Waals surface area contributed by atoms with Crippen LogP contribution in [-0.2, 0) is 0 Å². The van der Waals surface area contributed by atoms with E-state index in [9.17, 15) is 0 Å². The van der Waals surface area contributed by atoms with Crippen molar-refractivity contribution in [2.45, 2.75) is 13.8 Å². The van der Waals surface area contributed by atoms with Gasteiger partial charge in [-0.25, -0.2) is 4.98 Å². The van der Waals surface area contributed by atoms with Gasteiger partial charge in [-0.15, -0.1) is 0 Å². The Bertz CT molecular complexity index is 543. The fourth-order valence-electron chi connectivity index (χ4n) is 1.54. The Hall–Kier alpha value is -1.74. The number of benzene rings is 1. The molecule has 0 atom stereocenters. The fraction of sp³-hybridized carbons (Fsp3) is 0.214. The van der Waals surface area contributed by atoms with E-state index in [1.165, 1.54) is 0 Å². The van der Waals surface area contributed by atoms with E-state index in [0.717, 1.165) is 5.56 Å². The SMILES string of the molecule is CCOc1ccccc1Oc1cnc(Cl)cc1C. The second-order valence-corrected chi connectivity index (χ2v) is 4.14. The van der Waals surface area contributed by atoms with Gasteiger partial charge < -0.3 is 9.47 Å². The van der Waals surface area contributed by atoms with Crippen molar-refractivity contribution in [3.63, 3.8) is 0 Å². The molecule has 0 bridgehead atoms. The minimum Gasteiger partial charge on any atom is -0.490 e. The smallest absolute Gasteiger partial charge is 0.169 e. The predicted molar refractivity (Wildman–Crippen MR) is 71.7 cm³/mol. The highest BCUT2D eigenvalue weighted by atomic mass is 35.5. The van der Waals surface area contributed by atoms with Gasteiger partial charge in [-0.2, -0.15) is 0 Å². The molecular weight excluding hydrogens is 250 g/mol.